The quantitative estimate of drug-likeness (QED) is 0.910. The van der Waals surface area contributed by atoms with Crippen LogP contribution >= 0.6 is 23.2 Å². The van der Waals surface area contributed by atoms with Crippen molar-refractivity contribution < 1.29 is 5.11 Å². The van der Waals surface area contributed by atoms with E-state index >= 15 is 0 Å². The molecule has 3 nitrogen and oxygen atoms in total. The number of nitrogens with zero attached hydrogens (tertiary/aromatic N) is 2. The van der Waals surface area contributed by atoms with Crippen LogP contribution in [0.1, 0.15) is 30.8 Å². The zero-order valence-corrected chi connectivity index (χ0v) is 12.2. The smallest absolute Gasteiger partial charge is 0.111 e. The number of aryl methyl sites for hydroxylation is 1. The molecule has 0 aliphatic carbocycles. The topological polar surface area (TPSA) is 38.0 Å². The molecular weight excluding hydrogens is 283 g/mol. The van der Waals surface area contributed by atoms with E-state index in [1.54, 1.807) is 24.4 Å². The van der Waals surface area contributed by atoms with Crippen LogP contribution in [0.5, 0.6) is 0 Å². The molecule has 0 saturated carbocycles. The highest BCUT2D eigenvalue weighted by Gasteiger charge is 2.15. The summed E-state index contributed by atoms with van der Waals surface area (Å²) in [6.07, 6.45) is 4.47. The van der Waals surface area contributed by atoms with E-state index in [9.17, 15) is 5.11 Å². The molecule has 1 unspecified atom stereocenters. The van der Waals surface area contributed by atoms with Gasteiger partial charge in [-0.1, -0.05) is 36.2 Å². The molecule has 0 aliphatic rings. The fraction of sp³-hybridized carbons (Fsp3) is 0.357. The minimum absolute atomic E-state index is 0.439. The maximum Gasteiger partial charge on any atom is 0.111 e. The van der Waals surface area contributed by atoms with E-state index < -0.39 is 6.10 Å². The van der Waals surface area contributed by atoms with Crippen molar-refractivity contribution in [2.75, 3.05) is 0 Å². The highest BCUT2D eigenvalue weighted by molar-refractivity contribution is 6.35. The Morgan fingerprint density at radius 1 is 1.37 bits per heavy atom. The minimum atomic E-state index is -0.678. The zero-order valence-electron chi connectivity index (χ0n) is 10.7. The molecule has 1 heterocycles. The maximum atomic E-state index is 10.3. The summed E-state index contributed by atoms with van der Waals surface area (Å²) < 4.78 is 2.05. The van der Waals surface area contributed by atoms with Crippen LogP contribution in [-0.4, -0.2) is 14.7 Å². The summed E-state index contributed by atoms with van der Waals surface area (Å²) in [5.41, 5.74) is 0.678. The molecule has 19 heavy (non-hydrogen) atoms. The molecule has 1 N–H and O–H groups in total. The van der Waals surface area contributed by atoms with Crippen molar-refractivity contribution in [3.8, 4) is 0 Å². The van der Waals surface area contributed by atoms with Crippen molar-refractivity contribution in [2.24, 2.45) is 0 Å². The van der Waals surface area contributed by atoms with Gasteiger partial charge in [-0.3, -0.25) is 0 Å². The van der Waals surface area contributed by atoms with Gasteiger partial charge >= 0.3 is 0 Å². The molecule has 0 amide bonds. The van der Waals surface area contributed by atoms with Crippen LogP contribution in [0, 0.1) is 0 Å². The van der Waals surface area contributed by atoms with Crippen molar-refractivity contribution in [1.29, 1.82) is 0 Å². The molecular formula is C14H16Cl2N2O. The standard InChI is InChI=1S/C14H16Cl2N2O/c1-2-6-18-7-5-17-14(18)9-13(19)11-4-3-10(15)8-12(11)16/h3-5,7-8,13,19H,2,6,9H2,1H3. The Labute approximate surface area is 122 Å². The first-order chi connectivity index (χ1) is 9.11. The summed E-state index contributed by atoms with van der Waals surface area (Å²) in [6, 6.07) is 5.12. The molecule has 5 heteroatoms. The van der Waals surface area contributed by atoms with Gasteiger partial charge in [-0.2, -0.15) is 0 Å². The summed E-state index contributed by atoms with van der Waals surface area (Å²) >= 11 is 11.9. The molecule has 102 valence electrons. The molecule has 0 saturated heterocycles. The van der Waals surface area contributed by atoms with E-state index in [-0.39, 0.29) is 0 Å². The van der Waals surface area contributed by atoms with Gasteiger partial charge in [0, 0.05) is 35.4 Å². The van der Waals surface area contributed by atoms with Gasteiger partial charge in [0.1, 0.15) is 5.82 Å². The van der Waals surface area contributed by atoms with Crippen LogP contribution in [0.4, 0.5) is 0 Å². The predicted molar refractivity (Wildman–Crippen MR) is 77.6 cm³/mol. The van der Waals surface area contributed by atoms with Gasteiger partial charge < -0.3 is 9.67 Å². The van der Waals surface area contributed by atoms with E-state index in [4.69, 9.17) is 23.2 Å². The predicted octanol–water partition coefficient (Wildman–Crippen LogP) is 3.88. The summed E-state index contributed by atoms with van der Waals surface area (Å²) in [5.74, 6) is 0.861. The first-order valence-electron chi connectivity index (χ1n) is 6.24. The van der Waals surface area contributed by atoms with Crippen molar-refractivity contribution in [3.05, 3.63) is 52.0 Å². The maximum absolute atomic E-state index is 10.3. The van der Waals surface area contributed by atoms with Gasteiger partial charge in [-0.25, -0.2) is 4.98 Å². The Bertz CT molecular complexity index is 554. The number of rotatable bonds is 5. The third kappa shape index (κ3) is 3.50. The van der Waals surface area contributed by atoms with Gasteiger partial charge in [0.2, 0.25) is 0 Å². The first-order valence-corrected chi connectivity index (χ1v) is 7.00. The lowest BCUT2D eigenvalue weighted by Crippen LogP contribution is -2.09. The number of imidazole rings is 1. The second kappa shape index (κ2) is 6.42. The Morgan fingerprint density at radius 2 is 2.16 bits per heavy atom. The van der Waals surface area contributed by atoms with Gasteiger partial charge in [0.05, 0.1) is 6.10 Å². The van der Waals surface area contributed by atoms with E-state index in [0.717, 1.165) is 18.8 Å². The van der Waals surface area contributed by atoms with Crippen molar-refractivity contribution in [3.63, 3.8) is 0 Å². The van der Waals surface area contributed by atoms with Crippen LogP contribution in [0.15, 0.2) is 30.6 Å². The van der Waals surface area contributed by atoms with E-state index in [1.165, 1.54) is 0 Å². The Morgan fingerprint density at radius 3 is 2.84 bits per heavy atom. The van der Waals surface area contributed by atoms with Crippen LogP contribution in [-0.2, 0) is 13.0 Å². The van der Waals surface area contributed by atoms with Crippen molar-refractivity contribution in [2.45, 2.75) is 32.4 Å². The SMILES string of the molecule is CCCn1ccnc1CC(O)c1ccc(Cl)cc1Cl. The lowest BCUT2D eigenvalue weighted by atomic mass is 10.1. The Hall–Kier alpha value is -1.03. The van der Waals surface area contributed by atoms with Crippen LogP contribution < -0.4 is 0 Å². The number of hydrogen-bond donors (Lipinski definition) is 1. The number of aliphatic hydroxyl groups is 1. The molecule has 2 rings (SSSR count). The lowest BCUT2D eigenvalue weighted by Gasteiger charge is -2.14. The molecule has 1 aromatic heterocycles. The van der Waals surface area contributed by atoms with Crippen LogP contribution in [0.2, 0.25) is 10.0 Å². The van der Waals surface area contributed by atoms with Gasteiger partial charge in [-0.15, -0.1) is 0 Å². The molecule has 0 fully saturated rings. The highest BCUT2D eigenvalue weighted by Crippen LogP contribution is 2.28. The minimum Gasteiger partial charge on any atom is -0.388 e. The fourth-order valence-corrected chi connectivity index (χ4v) is 2.56. The highest BCUT2D eigenvalue weighted by atomic mass is 35.5. The average Bonchev–Trinajstić information content (AvgIpc) is 2.77. The number of aliphatic hydroxyl groups excluding tert-OH is 1. The monoisotopic (exact) mass is 298 g/mol. The molecule has 0 bridgehead atoms. The third-order valence-corrected chi connectivity index (χ3v) is 3.53. The largest absolute Gasteiger partial charge is 0.388 e. The van der Waals surface area contributed by atoms with E-state index in [0.29, 0.717) is 22.0 Å². The summed E-state index contributed by atoms with van der Waals surface area (Å²) in [5, 5.41) is 11.3. The number of halogens is 2. The number of benzene rings is 1. The second-order valence-corrected chi connectivity index (χ2v) is 5.27. The van der Waals surface area contributed by atoms with E-state index in [1.807, 2.05) is 10.8 Å². The number of hydrogen-bond acceptors (Lipinski definition) is 2. The van der Waals surface area contributed by atoms with Crippen LogP contribution in [0.25, 0.3) is 0 Å². The Kier molecular flexibility index (Phi) is 4.86. The molecule has 0 radical (unpaired) electrons. The van der Waals surface area contributed by atoms with Crippen molar-refractivity contribution >= 4 is 23.2 Å². The van der Waals surface area contributed by atoms with Gasteiger partial charge in [0.25, 0.3) is 0 Å². The molecule has 1 aromatic carbocycles. The second-order valence-electron chi connectivity index (χ2n) is 4.42. The molecule has 2 aromatic rings. The van der Waals surface area contributed by atoms with Crippen molar-refractivity contribution in [1.82, 2.24) is 9.55 Å². The average molecular weight is 299 g/mol. The first kappa shape index (κ1) is 14.4. The van der Waals surface area contributed by atoms with E-state index in [2.05, 4.69) is 11.9 Å². The molecule has 0 spiro atoms. The molecule has 1 atom stereocenters. The van der Waals surface area contributed by atoms with Crippen LogP contribution in [0.3, 0.4) is 0 Å². The zero-order chi connectivity index (χ0) is 13.8. The fourth-order valence-electron chi connectivity index (χ4n) is 2.03. The summed E-state index contributed by atoms with van der Waals surface area (Å²) in [6.45, 7) is 3.01. The summed E-state index contributed by atoms with van der Waals surface area (Å²) in [7, 11) is 0. The van der Waals surface area contributed by atoms with Gasteiger partial charge in [-0.05, 0) is 24.1 Å². The number of aromatic nitrogens is 2. The lowest BCUT2D eigenvalue weighted by molar-refractivity contribution is 0.174. The summed E-state index contributed by atoms with van der Waals surface area (Å²) in [4.78, 5) is 4.28. The van der Waals surface area contributed by atoms with Gasteiger partial charge in [0.15, 0.2) is 0 Å². The Balaban J connectivity index is 2.16. The molecule has 0 aliphatic heterocycles. The normalized spacial score (nSPS) is 12.6. The third-order valence-electron chi connectivity index (χ3n) is 2.96.